The van der Waals surface area contributed by atoms with Gasteiger partial charge in [-0.15, -0.1) is 22.7 Å². The van der Waals surface area contributed by atoms with Crippen LogP contribution in [0.2, 0.25) is 0 Å². The Bertz CT molecular complexity index is 1630. The monoisotopic (exact) mass is 536 g/mol. The molecule has 0 spiro atoms. The lowest BCUT2D eigenvalue weighted by Crippen LogP contribution is -1.84. The van der Waals surface area contributed by atoms with Crippen molar-refractivity contribution in [3.63, 3.8) is 0 Å². The van der Waals surface area contributed by atoms with Gasteiger partial charge in [0.25, 0.3) is 0 Å². The van der Waals surface area contributed by atoms with Crippen LogP contribution in [-0.4, -0.2) is 8.75 Å². The van der Waals surface area contributed by atoms with Gasteiger partial charge in [0.05, 0.1) is 11.7 Å². The lowest BCUT2D eigenvalue weighted by atomic mass is 9.99. The molecule has 184 valence electrons. The van der Waals surface area contributed by atoms with Gasteiger partial charge in [0, 0.05) is 30.6 Å². The SMILES string of the molecule is Cc1cc(-c2c(C)cccc2C)sc1-c1ccc(-c2sc(-c3c(C)cccc3C)cc2C)c2nsnc12. The number of aryl methyl sites for hydroxylation is 6. The molecular formula is C32H28N2S3. The number of thiophene rings is 2. The fourth-order valence-electron chi connectivity index (χ4n) is 5.38. The molecule has 0 aliphatic heterocycles. The minimum atomic E-state index is 1.00. The van der Waals surface area contributed by atoms with Gasteiger partial charge >= 0.3 is 0 Å². The topological polar surface area (TPSA) is 25.8 Å². The van der Waals surface area contributed by atoms with Gasteiger partial charge in [0.15, 0.2) is 0 Å². The van der Waals surface area contributed by atoms with Gasteiger partial charge in [0.2, 0.25) is 0 Å². The van der Waals surface area contributed by atoms with Crippen LogP contribution in [0.4, 0.5) is 0 Å². The number of nitrogens with zero attached hydrogens (tertiary/aromatic N) is 2. The molecule has 0 aliphatic rings. The third-order valence-corrected chi connectivity index (χ3v) is 10.3. The molecule has 0 atom stereocenters. The molecule has 0 unspecified atom stereocenters. The molecule has 0 saturated carbocycles. The van der Waals surface area contributed by atoms with E-state index in [1.807, 2.05) is 22.7 Å². The van der Waals surface area contributed by atoms with E-state index in [2.05, 4.69) is 102 Å². The molecule has 0 aliphatic carbocycles. The van der Waals surface area contributed by atoms with Crippen LogP contribution in [-0.2, 0) is 0 Å². The second-order valence-corrected chi connectivity index (χ2v) is 12.5. The molecule has 0 amide bonds. The molecular weight excluding hydrogens is 509 g/mol. The maximum atomic E-state index is 4.80. The molecule has 0 saturated heterocycles. The molecule has 5 heteroatoms. The van der Waals surface area contributed by atoms with Gasteiger partial charge in [-0.1, -0.05) is 48.5 Å². The maximum absolute atomic E-state index is 4.80. The molecule has 2 nitrogen and oxygen atoms in total. The minimum absolute atomic E-state index is 1.00. The summed E-state index contributed by atoms with van der Waals surface area (Å²) in [5, 5.41) is 0. The second-order valence-electron chi connectivity index (χ2n) is 9.90. The van der Waals surface area contributed by atoms with Crippen molar-refractivity contribution in [2.24, 2.45) is 0 Å². The van der Waals surface area contributed by atoms with Crippen LogP contribution < -0.4 is 0 Å². The summed E-state index contributed by atoms with van der Waals surface area (Å²) in [5.74, 6) is 0. The van der Waals surface area contributed by atoms with Gasteiger partial charge in [-0.05, 0) is 98.2 Å². The van der Waals surface area contributed by atoms with E-state index in [9.17, 15) is 0 Å². The Kier molecular flexibility index (Phi) is 6.10. The zero-order chi connectivity index (χ0) is 25.8. The molecule has 3 aromatic heterocycles. The summed E-state index contributed by atoms with van der Waals surface area (Å²) in [4.78, 5) is 5.19. The van der Waals surface area contributed by atoms with Crippen molar-refractivity contribution in [3.8, 4) is 41.8 Å². The van der Waals surface area contributed by atoms with Crippen molar-refractivity contribution in [2.75, 3.05) is 0 Å². The third kappa shape index (κ3) is 4.06. The Labute approximate surface area is 230 Å². The summed E-state index contributed by atoms with van der Waals surface area (Å²) < 4.78 is 9.61. The van der Waals surface area contributed by atoms with Crippen molar-refractivity contribution in [1.82, 2.24) is 8.75 Å². The van der Waals surface area contributed by atoms with E-state index in [0.717, 1.165) is 11.0 Å². The molecule has 6 rings (SSSR count). The fraction of sp³-hybridized carbons (Fsp3) is 0.188. The Morgan fingerprint density at radius 2 is 0.865 bits per heavy atom. The molecule has 3 aromatic carbocycles. The van der Waals surface area contributed by atoms with E-state index in [1.165, 1.54) is 86.9 Å². The molecule has 6 aromatic rings. The number of fused-ring (bicyclic) bond motifs is 1. The van der Waals surface area contributed by atoms with Crippen LogP contribution in [0.25, 0.3) is 52.8 Å². The first-order chi connectivity index (χ1) is 17.8. The summed E-state index contributed by atoms with van der Waals surface area (Å²) in [7, 11) is 0. The Hall–Kier alpha value is -3.12. The van der Waals surface area contributed by atoms with Gasteiger partial charge < -0.3 is 0 Å². The molecule has 37 heavy (non-hydrogen) atoms. The summed E-state index contributed by atoms with van der Waals surface area (Å²) in [6, 6.07) is 22.2. The molecule has 3 heterocycles. The fourth-order valence-corrected chi connectivity index (χ4v) is 8.71. The standard InChI is InChI=1S/C32H28N2S3/c1-17-9-7-10-18(2)27(17)25-15-21(5)31(35-25)23-13-14-24(30-29(23)33-37-34-30)32-22(6)16-26(36-32)28-19(3)11-8-12-20(28)4/h7-16H,1-6H3. The van der Waals surface area contributed by atoms with Crippen molar-refractivity contribution in [3.05, 3.63) is 94.0 Å². The van der Waals surface area contributed by atoms with E-state index >= 15 is 0 Å². The predicted molar refractivity (Wildman–Crippen MR) is 163 cm³/mol. The Morgan fingerprint density at radius 1 is 0.486 bits per heavy atom. The lowest BCUT2D eigenvalue weighted by molar-refractivity contribution is 1.39. The molecule has 0 fully saturated rings. The predicted octanol–water partition coefficient (Wildman–Crippen LogP) is 10.3. The van der Waals surface area contributed by atoms with E-state index in [4.69, 9.17) is 8.75 Å². The second kappa shape index (κ2) is 9.32. The number of hydrogen-bond acceptors (Lipinski definition) is 5. The first kappa shape index (κ1) is 24.2. The average molecular weight is 537 g/mol. The number of rotatable bonds is 4. The maximum Gasteiger partial charge on any atom is 0.114 e. The molecule has 0 bridgehead atoms. The quantitative estimate of drug-likeness (QED) is 0.224. The third-order valence-electron chi connectivity index (χ3n) is 7.20. The number of benzene rings is 3. The summed E-state index contributed by atoms with van der Waals surface area (Å²) in [6.45, 7) is 13.2. The summed E-state index contributed by atoms with van der Waals surface area (Å²) >= 11 is 5.03. The lowest BCUT2D eigenvalue weighted by Gasteiger charge is -2.08. The first-order valence-corrected chi connectivity index (χ1v) is 14.8. The van der Waals surface area contributed by atoms with E-state index in [-0.39, 0.29) is 0 Å². The normalized spacial score (nSPS) is 11.5. The van der Waals surface area contributed by atoms with E-state index in [1.54, 1.807) is 0 Å². The highest BCUT2D eigenvalue weighted by Crippen LogP contribution is 2.46. The van der Waals surface area contributed by atoms with Crippen molar-refractivity contribution < 1.29 is 0 Å². The van der Waals surface area contributed by atoms with Gasteiger partial charge in [-0.2, -0.15) is 8.75 Å². The number of hydrogen-bond donors (Lipinski definition) is 0. The van der Waals surface area contributed by atoms with E-state index in [0.29, 0.717) is 0 Å². The van der Waals surface area contributed by atoms with Crippen LogP contribution in [0, 0.1) is 41.5 Å². The Balaban J connectivity index is 1.48. The van der Waals surface area contributed by atoms with Crippen molar-refractivity contribution in [2.45, 2.75) is 41.5 Å². The first-order valence-electron chi connectivity index (χ1n) is 12.4. The zero-order valence-corrected chi connectivity index (χ0v) is 24.3. The summed E-state index contributed by atoms with van der Waals surface area (Å²) in [5.41, 5.74) is 14.9. The van der Waals surface area contributed by atoms with Crippen LogP contribution in [0.5, 0.6) is 0 Å². The minimum Gasteiger partial charge on any atom is -0.172 e. The molecule has 0 N–H and O–H groups in total. The van der Waals surface area contributed by atoms with Gasteiger partial charge in [0.1, 0.15) is 11.0 Å². The Morgan fingerprint density at radius 3 is 1.24 bits per heavy atom. The highest BCUT2D eigenvalue weighted by atomic mass is 32.1. The van der Waals surface area contributed by atoms with E-state index < -0.39 is 0 Å². The highest BCUT2D eigenvalue weighted by Gasteiger charge is 2.21. The number of aromatic nitrogens is 2. The highest BCUT2D eigenvalue weighted by molar-refractivity contribution is 7.19. The van der Waals surface area contributed by atoms with Crippen LogP contribution in [0.15, 0.2) is 60.7 Å². The van der Waals surface area contributed by atoms with Crippen molar-refractivity contribution in [1.29, 1.82) is 0 Å². The van der Waals surface area contributed by atoms with Crippen LogP contribution in [0.3, 0.4) is 0 Å². The van der Waals surface area contributed by atoms with Crippen molar-refractivity contribution >= 4 is 45.4 Å². The largest absolute Gasteiger partial charge is 0.172 e. The zero-order valence-electron chi connectivity index (χ0n) is 21.9. The smallest absolute Gasteiger partial charge is 0.114 e. The average Bonchev–Trinajstić information content (AvgIpc) is 3.57. The van der Waals surface area contributed by atoms with Gasteiger partial charge in [-0.3, -0.25) is 0 Å². The van der Waals surface area contributed by atoms with Crippen LogP contribution in [0.1, 0.15) is 33.4 Å². The summed E-state index contributed by atoms with van der Waals surface area (Å²) in [6.07, 6.45) is 0. The van der Waals surface area contributed by atoms with Gasteiger partial charge in [-0.25, -0.2) is 0 Å². The van der Waals surface area contributed by atoms with Crippen LogP contribution >= 0.6 is 34.4 Å². The molecule has 0 radical (unpaired) electrons.